The Hall–Kier alpha value is -1.73. The maximum atomic E-state index is 11.4. The van der Waals surface area contributed by atoms with E-state index in [-0.39, 0.29) is 12.0 Å². The monoisotopic (exact) mass is 448 g/mol. The van der Waals surface area contributed by atoms with E-state index in [9.17, 15) is 15.0 Å². The Morgan fingerprint density at radius 1 is 1.25 bits per heavy atom. The van der Waals surface area contributed by atoms with E-state index in [0.29, 0.717) is 11.8 Å². The van der Waals surface area contributed by atoms with Crippen molar-refractivity contribution in [2.75, 3.05) is 6.61 Å². The molecule has 1 aliphatic carbocycles. The summed E-state index contributed by atoms with van der Waals surface area (Å²) in [4.78, 5) is 11.4. The van der Waals surface area contributed by atoms with Crippen LogP contribution in [0.2, 0.25) is 0 Å². The average Bonchev–Trinajstić information content (AvgIpc) is 2.71. The molecule has 0 spiro atoms. The van der Waals surface area contributed by atoms with Gasteiger partial charge in [-0.3, -0.25) is 4.79 Å². The first-order chi connectivity index (χ1) is 14.9. The molecule has 1 saturated heterocycles. The van der Waals surface area contributed by atoms with Gasteiger partial charge in [0, 0.05) is 6.92 Å². The molecule has 2 N–H and O–H groups in total. The van der Waals surface area contributed by atoms with Gasteiger partial charge < -0.3 is 24.4 Å². The van der Waals surface area contributed by atoms with E-state index >= 15 is 0 Å². The van der Waals surface area contributed by atoms with Gasteiger partial charge in [0.05, 0.1) is 12.2 Å². The summed E-state index contributed by atoms with van der Waals surface area (Å²) in [7, 11) is 0. The van der Waals surface area contributed by atoms with E-state index in [4.69, 9.17) is 14.2 Å². The highest BCUT2D eigenvalue weighted by Gasteiger charge is 2.43. The Kier molecular flexibility index (Phi) is 9.06. The summed E-state index contributed by atoms with van der Waals surface area (Å²) in [5, 5.41) is 20.0. The third kappa shape index (κ3) is 6.88. The highest BCUT2D eigenvalue weighted by Crippen LogP contribution is 2.47. The zero-order valence-corrected chi connectivity index (χ0v) is 20.1. The summed E-state index contributed by atoms with van der Waals surface area (Å²) in [5.74, 6) is 0.324. The lowest BCUT2D eigenvalue weighted by atomic mass is 9.62. The number of aliphatic hydroxyl groups excluding tert-OH is 2. The van der Waals surface area contributed by atoms with Crippen molar-refractivity contribution in [2.24, 2.45) is 17.3 Å². The van der Waals surface area contributed by atoms with Gasteiger partial charge in [-0.25, -0.2) is 0 Å². The minimum Gasteiger partial charge on any atom is -0.454 e. The van der Waals surface area contributed by atoms with Crippen LogP contribution in [0.1, 0.15) is 53.9 Å². The maximum Gasteiger partial charge on any atom is 0.303 e. The zero-order chi connectivity index (χ0) is 24.1. The fourth-order valence-corrected chi connectivity index (χ4v) is 4.58. The number of carbonyl (C=O) groups excluding carboxylic acids is 1. The molecule has 0 bridgehead atoms. The van der Waals surface area contributed by atoms with Crippen LogP contribution in [-0.4, -0.2) is 53.0 Å². The molecule has 2 rings (SSSR count). The summed E-state index contributed by atoms with van der Waals surface area (Å²) in [5.41, 5.74) is 0.569. The van der Waals surface area contributed by atoms with Crippen LogP contribution in [-0.2, 0) is 19.0 Å². The maximum absolute atomic E-state index is 11.4. The Bertz CT molecular complexity index is 739. The van der Waals surface area contributed by atoms with Gasteiger partial charge in [0.2, 0.25) is 0 Å². The SMILES string of the molecule is C=CC1(C)CCC(C=CC=CC(C)(C)OC2OCC(O)C(O)C2OC(C)=O)CC1C(=C)C. The normalized spacial score (nSPS) is 36.3. The van der Waals surface area contributed by atoms with Crippen LogP contribution in [0.15, 0.2) is 49.1 Å². The van der Waals surface area contributed by atoms with Crippen molar-refractivity contribution in [3.05, 3.63) is 49.1 Å². The van der Waals surface area contributed by atoms with Crippen LogP contribution >= 0.6 is 0 Å². The van der Waals surface area contributed by atoms with Gasteiger partial charge in [-0.2, -0.15) is 0 Å². The molecule has 7 unspecified atom stereocenters. The number of hydrogen-bond donors (Lipinski definition) is 2. The Morgan fingerprint density at radius 2 is 1.94 bits per heavy atom. The van der Waals surface area contributed by atoms with Gasteiger partial charge >= 0.3 is 5.97 Å². The fourth-order valence-electron chi connectivity index (χ4n) is 4.58. The standard InChI is InChI=1S/C26H40O6/c1-8-26(7)14-12-19(15-20(26)17(2)3)11-9-10-13-25(5,6)32-24-23(31-18(4)27)22(29)21(28)16-30-24/h8-11,13,19-24,28-29H,1-2,12,14-16H2,3-7H3. The van der Waals surface area contributed by atoms with E-state index in [1.54, 1.807) is 0 Å². The summed E-state index contributed by atoms with van der Waals surface area (Å²) < 4.78 is 16.6. The topological polar surface area (TPSA) is 85.2 Å². The Balaban J connectivity index is 1.98. The van der Waals surface area contributed by atoms with Gasteiger partial charge in [-0.05, 0) is 57.3 Å². The molecule has 180 valence electrons. The summed E-state index contributed by atoms with van der Waals surface area (Å²) in [6.45, 7) is 17.5. The predicted molar refractivity (Wildman–Crippen MR) is 125 cm³/mol. The average molecular weight is 449 g/mol. The fraction of sp³-hybridized carbons (Fsp3) is 0.654. The molecule has 1 heterocycles. The summed E-state index contributed by atoms with van der Waals surface area (Å²) >= 11 is 0. The van der Waals surface area contributed by atoms with E-state index in [1.807, 2.05) is 32.1 Å². The van der Waals surface area contributed by atoms with Gasteiger partial charge in [0.25, 0.3) is 0 Å². The van der Waals surface area contributed by atoms with Gasteiger partial charge in [0.1, 0.15) is 12.2 Å². The first-order valence-corrected chi connectivity index (χ1v) is 11.4. The number of carbonyl (C=O) groups is 1. The molecule has 0 aromatic heterocycles. The number of ether oxygens (including phenoxy) is 3. The van der Waals surface area contributed by atoms with E-state index in [1.165, 1.54) is 12.5 Å². The molecule has 6 heteroatoms. The molecule has 0 amide bonds. The lowest BCUT2D eigenvalue weighted by Crippen LogP contribution is -2.56. The molecular weight excluding hydrogens is 408 g/mol. The van der Waals surface area contributed by atoms with Crippen LogP contribution in [0.3, 0.4) is 0 Å². The minimum absolute atomic E-state index is 0.0987. The second-order valence-corrected chi connectivity index (χ2v) is 9.94. The molecule has 0 aromatic carbocycles. The number of hydrogen-bond acceptors (Lipinski definition) is 6. The molecule has 32 heavy (non-hydrogen) atoms. The minimum atomic E-state index is -1.27. The third-order valence-corrected chi connectivity index (χ3v) is 6.59. The van der Waals surface area contributed by atoms with Gasteiger partial charge in [0.15, 0.2) is 12.4 Å². The largest absolute Gasteiger partial charge is 0.454 e. The lowest BCUT2D eigenvalue weighted by molar-refractivity contribution is -0.293. The summed E-state index contributed by atoms with van der Waals surface area (Å²) in [6, 6.07) is 0. The second kappa shape index (κ2) is 10.9. The Labute approximate surface area is 192 Å². The number of rotatable bonds is 8. The first kappa shape index (κ1) is 26.5. The highest BCUT2D eigenvalue weighted by atomic mass is 16.7. The molecule has 0 radical (unpaired) electrons. The molecule has 1 aliphatic heterocycles. The molecule has 2 fully saturated rings. The lowest BCUT2D eigenvalue weighted by Gasteiger charge is -2.42. The van der Waals surface area contributed by atoms with Crippen LogP contribution in [0.25, 0.3) is 0 Å². The summed E-state index contributed by atoms with van der Waals surface area (Å²) in [6.07, 6.45) is 8.94. The van der Waals surface area contributed by atoms with E-state index < -0.39 is 36.2 Å². The Morgan fingerprint density at radius 3 is 2.53 bits per heavy atom. The van der Waals surface area contributed by atoms with Crippen LogP contribution in [0.5, 0.6) is 0 Å². The molecule has 2 aliphatic rings. The van der Waals surface area contributed by atoms with Crippen molar-refractivity contribution >= 4 is 5.97 Å². The molecule has 6 nitrogen and oxygen atoms in total. The smallest absolute Gasteiger partial charge is 0.303 e. The predicted octanol–water partition coefficient (Wildman–Crippen LogP) is 4.09. The van der Waals surface area contributed by atoms with Gasteiger partial charge in [-0.15, -0.1) is 6.58 Å². The van der Waals surface area contributed by atoms with Crippen molar-refractivity contribution in [2.45, 2.75) is 84.1 Å². The van der Waals surface area contributed by atoms with Crippen LogP contribution in [0.4, 0.5) is 0 Å². The second-order valence-electron chi connectivity index (χ2n) is 9.94. The first-order valence-electron chi connectivity index (χ1n) is 11.4. The quantitative estimate of drug-likeness (QED) is 0.331. The number of esters is 1. The molecule has 0 aromatic rings. The van der Waals surface area contributed by atoms with E-state index in [2.05, 4.69) is 39.2 Å². The van der Waals surface area contributed by atoms with Gasteiger partial charge in [-0.1, -0.05) is 49.5 Å². The third-order valence-electron chi connectivity index (χ3n) is 6.59. The highest BCUT2D eigenvalue weighted by molar-refractivity contribution is 5.66. The van der Waals surface area contributed by atoms with E-state index in [0.717, 1.165) is 19.3 Å². The molecule has 1 saturated carbocycles. The molecule has 7 atom stereocenters. The van der Waals surface area contributed by atoms with Crippen LogP contribution in [0, 0.1) is 17.3 Å². The van der Waals surface area contributed by atoms with Crippen molar-refractivity contribution in [1.82, 2.24) is 0 Å². The van der Waals surface area contributed by atoms with Crippen LogP contribution < -0.4 is 0 Å². The van der Waals surface area contributed by atoms with Crippen molar-refractivity contribution in [3.8, 4) is 0 Å². The van der Waals surface area contributed by atoms with Crippen molar-refractivity contribution in [1.29, 1.82) is 0 Å². The van der Waals surface area contributed by atoms with Crippen molar-refractivity contribution in [3.63, 3.8) is 0 Å². The number of allylic oxidation sites excluding steroid dienone is 5. The zero-order valence-electron chi connectivity index (χ0n) is 20.1. The number of aliphatic hydroxyl groups is 2. The molecular formula is C26H40O6. The van der Waals surface area contributed by atoms with Crippen molar-refractivity contribution < 1.29 is 29.2 Å².